The van der Waals surface area contributed by atoms with E-state index in [2.05, 4.69) is 15.6 Å². The van der Waals surface area contributed by atoms with E-state index in [1.807, 2.05) is 42.5 Å². The van der Waals surface area contributed by atoms with Crippen LogP contribution in [0.3, 0.4) is 0 Å². The average Bonchev–Trinajstić information content (AvgIpc) is 2.92. The Morgan fingerprint density at radius 1 is 0.857 bits per heavy atom. The molecule has 0 aliphatic rings. The van der Waals surface area contributed by atoms with E-state index in [-0.39, 0.29) is 11.8 Å². The van der Waals surface area contributed by atoms with Gasteiger partial charge in [-0.2, -0.15) is 0 Å². The van der Waals surface area contributed by atoms with Crippen molar-refractivity contribution in [3.8, 4) is 5.75 Å². The van der Waals surface area contributed by atoms with Crippen LogP contribution in [0.4, 0.5) is 5.69 Å². The van der Waals surface area contributed by atoms with Crippen molar-refractivity contribution >= 4 is 17.5 Å². The van der Waals surface area contributed by atoms with Gasteiger partial charge in [-0.05, 0) is 53.1 Å². The summed E-state index contributed by atoms with van der Waals surface area (Å²) in [6.07, 6.45) is 3.06. The fourth-order valence-electron chi connectivity index (χ4n) is 3.51. The van der Waals surface area contributed by atoms with Crippen LogP contribution in [0, 0.1) is 0 Å². The molecule has 7 nitrogen and oxygen atoms in total. The molecule has 4 N–H and O–H groups in total. The third kappa shape index (κ3) is 6.52. The van der Waals surface area contributed by atoms with Gasteiger partial charge in [0.25, 0.3) is 11.8 Å². The van der Waals surface area contributed by atoms with Gasteiger partial charge in [-0.15, -0.1) is 0 Å². The van der Waals surface area contributed by atoms with Crippen LogP contribution in [0.25, 0.3) is 0 Å². The molecule has 0 aliphatic heterocycles. The van der Waals surface area contributed by atoms with Crippen molar-refractivity contribution in [2.75, 3.05) is 5.32 Å². The molecule has 1 atom stereocenters. The maximum atomic E-state index is 13.3. The van der Waals surface area contributed by atoms with E-state index >= 15 is 0 Å². The summed E-state index contributed by atoms with van der Waals surface area (Å²) in [7, 11) is 0. The fraction of sp³-hybridized carbons (Fsp3) is 0.107. The first kappa shape index (κ1) is 23.7. The van der Waals surface area contributed by atoms with Gasteiger partial charge in [0, 0.05) is 30.2 Å². The maximum absolute atomic E-state index is 13.3. The van der Waals surface area contributed by atoms with Gasteiger partial charge in [0.05, 0.1) is 0 Å². The molecule has 0 aliphatic carbocycles. The molecule has 1 aromatic heterocycles. The first-order valence-corrected chi connectivity index (χ1v) is 11.2. The summed E-state index contributed by atoms with van der Waals surface area (Å²) < 4.78 is 5.85. The highest BCUT2D eigenvalue weighted by Crippen LogP contribution is 2.22. The number of hydrogen-bond acceptors (Lipinski definition) is 5. The van der Waals surface area contributed by atoms with E-state index in [9.17, 15) is 9.59 Å². The molecule has 1 heterocycles. The molecule has 35 heavy (non-hydrogen) atoms. The lowest BCUT2D eigenvalue weighted by Gasteiger charge is -2.20. The van der Waals surface area contributed by atoms with Crippen molar-refractivity contribution in [1.82, 2.24) is 10.3 Å². The number of ether oxygens (including phenoxy) is 1. The van der Waals surface area contributed by atoms with Crippen molar-refractivity contribution in [3.63, 3.8) is 0 Å². The van der Waals surface area contributed by atoms with Crippen LogP contribution in [-0.2, 0) is 17.9 Å². The van der Waals surface area contributed by atoms with E-state index in [0.717, 1.165) is 11.1 Å². The largest absolute Gasteiger partial charge is 0.489 e. The normalized spacial score (nSPS) is 11.3. The summed E-state index contributed by atoms with van der Waals surface area (Å²) in [4.78, 5) is 30.1. The Balaban J connectivity index is 1.53. The summed E-state index contributed by atoms with van der Waals surface area (Å²) >= 11 is 0. The molecule has 176 valence electrons. The van der Waals surface area contributed by atoms with Crippen molar-refractivity contribution in [2.45, 2.75) is 19.2 Å². The molecule has 4 aromatic rings. The number of rotatable bonds is 9. The summed E-state index contributed by atoms with van der Waals surface area (Å²) in [6.45, 7) is 0.788. The second kappa shape index (κ2) is 11.6. The molecule has 0 spiro atoms. The number of anilines is 1. The van der Waals surface area contributed by atoms with Gasteiger partial charge in [-0.3, -0.25) is 14.6 Å². The maximum Gasteiger partial charge on any atom is 0.252 e. The predicted molar refractivity (Wildman–Crippen MR) is 135 cm³/mol. The molecule has 0 saturated heterocycles. The number of benzene rings is 3. The quantitative estimate of drug-likeness (QED) is 0.342. The van der Waals surface area contributed by atoms with E-state index < -0.39 is 6.04 Å². The molecule has 2 amide bonds. The SMILES string of the molecule is NCc1cccc(NC(=O)[C@H](NC(=O)c2ccncc2)c2ccc(OCc3ccccc3)cc2)c1. The molecule has 4 rings (SSSR count). The van der Waals surface area contributed by atoms with Crippen molar-refractivity contribution < 1.29 is 14.3 Å². The average molecular weight is 467 g/mol. The predicted octanol–water partition coefficient (Wildman–Crippen LogP) is 4.23. The minimum absolute atomic E-state index is 0.358. The Kier molecular flexibility index (Phi) is 7.83. The Bertz CT molecular complexity index is 1260. The van der Waals surface area contributed by atoms with Gasteiger partial charge in [-0.25, -0.2) is 0 Å². The smallest absolute Gasteiger partial charge is 0.252 e. The molecular formula is C28H26N4O3. The van der Waals surface area contributed by atoms with Crippen LogP contribution in [0.1, 0.15) is 33.1 Å². The number of carbonyl (C=O) groups excluding carboxylic acids is 2. The molecule has 7 heteroatoms. The number of carbonyl (C=O) groups is 2. The van der Waals surface area contributed by atoms with Gasteiger partial charge in [0.15, 0.2) is 0 Å². The van der Waals surface area contributed by atoms with E-state index in [1.165, 1.54) is 12.4 Å². The van der Waals surface area contributed by atoms with Gasteiger partial charge < -0.3 is 21.1 Å². The van der Waals surface area contributed by atoms with Crippen molar-refractivity contribution in [3.05, 3.63) is 126 Å². The van der Waals surface area contributed by atoms with Crippen LogP contribution in [-0.4, -0.2) is 16.8 Å². The van der Waals surface area contributed by atoms with Gasteiger partial charge in [0.2, 0.25) is 0 Å². The Morgan fingerprint density at radius 2 is 1.57 bits per heavy atom. The van der Waals surface area contributed by atoms with Crippen molar-refractivity contribution in [2.24, 2.45) is 5.73 Å². The minimum atomic E-state index is -0.930. The van der Waals surface area contributed by atoms with E-state index in [1.54, 1.807) is 48.5 Å². The van der Waals surface area contributed by atoms with E-state index in [4.69, 9.17) is 10.5 Å². The first-order valence-electron chi connectivity index (χ1n) is 11.2. The highest BCUT2D eigenvalue weighted by atomic mass is 16.5. The number of pyridine rings is 1. The molecule has 0 unspecified atom stereocenters. The van der Waals surface area contributed by atoms with Crippen LogP contribution in [0.5, 0.6) is 5.75 Å². The number of amides is 2. The fourth-order valence-corrected chi connectivity index (χ4v) is 3.51. The number of aromatic nitrogens is 1. The van der Waals surface area contributed by atoms with Crippen LogP contribution in [0.2, 0.25) is 0 Å². The van der Waals surface area contributed by atoms with Crippen LogP contribution < -0.4 is 21.1 Å². The number of nitrogens with two attached hydrogens (primary N) is 1. The van der Waals surface area contributed by atoms with Gasteiger partial charge in [0.1, 0.15) is 18.4 Å². The number of nitrogens with zero attached hydrogens (tertiary/aromatic N) is 1. The third-order valence-electron chi connectivity index (χ3n) is 5.37. The topological polar surface area (TPSA) is 106 Å². The summed E-state index contributed by atoms with van der Waals surface area (Å²) in [5.41, 5.74) is 9.29. The molecule has 0 saturated carbocycles. The monoisotopic (exact) mass is 466 g/mol. The van der Waals surface area contributed by atoms with Crippen LogP contribution in [0.15, 0.2) is 103 Å². The highest BCUT2D eigenvalue weighted by Gasteiger charge is 2.24. The summed E-state index contributed by atoms with van der Waals surface area (Å²) in [5, 5.41) is 5.71. The zero-order valence-corrected chi connectivity index (χ0v) is 19.1. The van der Waals surface area contributed by atoms with Crippen LogP contribution >= 0.6 is 0 Å². The van der Waals surface area contributed by atoms with Gasteiger partial charge >= 0.3 is 0 Å². The summed E-state index contributed by atoms with van der Waals surface area (Å²) in [5.74, 6) is -0.0972. The summed E-state index contributed by atoms with van der Waals surface area (Å²) in [6, 6.07) is 26.5. The zero-order chi connectivity index (χ0) is 24.5. The lowest BCUT2D eigenvalue weighted by atomic mass is 10.0. The minimum Gasteiger partial charge on any atom is -0.489 e. The van der Waals surface area contributed by atoms with E-state index in [0.29, 0.717) is 35.7 Å². The second-order valence-electron chi connectivity index (χ2n) is 7.88. The van der Waals surface area contributed by atoms with Gasteiger partial charge in [-0.1, -0.05) is 54.6 Å². The lowest BCUT2D eigenvalue weighted by molar-refractivity contribution is -0.118. The Labute approximate surface area is 204 Å². The Morgan fingerprint density at radius 3 is 2.29 bits per heavy atom. The molecule has 0 fully saturated rings. The second-order valence-corrected chi connectivity index (χ2v) is 7.88. The lowest BCUT2D eigenvalue weighted by Crippen LogP contribution is -2.37. The third-order valence-corrected chi connectivity index (χ3v) is 5.37. The number of hydrogen-bond donors (Lipinski definition) is 3. The first-order chi connectivity index (χ1) is 17.1. The molecule has 0 radical (unpaired) electrons. The molecule has 3 aromatic carbocycles. The number of nitrogens with one attached hydrogen (secondary N) is 2. The highest BCUT2D eigenvalue weighted by molar-refractivity contribution is 6.01. The van der Waals surface area contributed by atoms with Crippen molar-refractivity contribution in [1.29, 1.82) is 0 Å². The Hall–Kier alpha value is -4.49. The zero-order valence-electron chi connectivity index (χ0n) is 19.1. The molecular weight excluding hydrogens is 440 g/mol. The molecule has 0 bridgehead atoms. The standard InChI is InChI=1S/C28H26N4O3/c29-18-21-7-4-8-24(17-21)31-28(34)26(32-27(33)23-13-15-30-16-14-23)22-9-11-25(12-10-22)35-19-20-5-2-1-3-6-20/h1-17,26H,18-19,29H2,(H,31,34)(H,32,33)/t26-/m1/s1.